The summed E-state index contributed by atoms with van der Waals surface area (Å²) in [5, 5.41) is 0.0350. The maximum absolute atomic E-state index is 11.8. The first-order valence-corrected chi connectivity index (χ1v) is 8.75. The van der Waals surface area contributed by atoms with Crippen molar-refractivity contribution in [3.8, 4) is 0 Å². The van der Waals surface area contributed by atoms with E-state index in [1.807, 2.05) is 0 Å². The fourth-order valence-electron chi connectivity index (χ4n) is 0.947. The van der Waals surface area contributed by atoms with Gasteiger partial charge in [-0.25, -0.2) is 0 Å². The zero-order chi connectivity index (χ0) is 12.7. The summed E-state index contributed by atoms with van der Waals surface area (Å²) in [6, 6.07) is 0. The molecule has 0 aliphatic carbocycles. The second-order valence-corrected chi connectivity index (χ2v) is 12.7. The number of hydrogen-bond acceptors (Lipinski definition) is 1. The normalized spacial score (nSPS) is 13.9. The van der Waals surface area contributed by atoms with Crippen molar-refractivity contribution in [3.63, 3.8) is 0 Å². The molecule has 2 nitrogen and oxygen atoms in total. The highest BCUT2D eigenvalue weighted by Crippen LogP contribution is 2.40. The number of carbonyl (C=O) groups excluding carboxylic acids is 1. The van der Waals surface area contributed by atoms with Crippen LogP contribution < -0.4 is 0 Å². The number of halogens is 3. The van der Waals surface area contributed by atoms with Gasteiger partial charge in [0.2, 0.25) is 0 Å². The second kappa shape index (κ2) is 4.44. The molecule has 0 fully saturated rings. The topological polar surface area (TPSA) is 20.3 Å². The molecule has 0 rings (SSSR count). The molecule has 0 heterocycles. The van der Waals surface area contributed by atoms with E-state index in [-0.39, 0.29) is 5.04 Å². The van der Waals surface area contributed by atoms with Gasteiger partial charge in [-0.3, -0.25) is 4.79 Å². The highest BCUT2D eigenvalue weighted by atomic mass is 35.6. The van der Waals surface area contributed by atoms with E-state index in [0.717, 1.165) is 0 Å². The summed E-state index contributed by atoms with van der Waals surface area (Å²) in [5.41, 5.74) is 0. The molecule has 0 aliphatic rings. The Morgan fingerprint density at radius 2 is 1.47 bits per heavy atom. The summed E-state index contributed by atoms with van der Waals surface area (Å²) >= 11 is 16.8. The van der Waals surface area contributed by atoms with Crippen molar-refractivity contribution in [3.05, 3.63) is 0 Å². The van der Waals surface area contributed by atoms with Crippen LogP contribution in [-0.4, -0.2) is 29.5 Å². The lowest BCUT2D eigenvalue weighted by Crippen LogP contribution is -2.58. The molecule has 0 aliphatic heterocycles. The highest BCUT2D eigenvalue weighted by molar-refractivity contribution is 6.83. The third-order valence-electron chi connectivity index (χ3n) is 3.22. The molecule has 0 aromatic carbocycles. The van der Waals surface area contributed by atoms with Crippen LogP contribution in [0, 0.1) is 0 Å². The molecule has 0 saturated heterocycles. The van der Waals surface area contributed by atoms with Gasteiger partial charge in [0, 0.05) is 7.05 Å². The van der Waals surface area contributed by atoms with Gasteiger partial charge in [-0.15, -0.1) is 0 Å². The largest absolute Gasteiger partial charge is 0.368 e. The monoisotopic (exact) mass is 289 g/mol. The molecule has 0 saturated carbocycles. The number of nitrogens with zero attached hydrogens (tertiary/aromatic N) is 1. The number of rotatable bonds is 1. The van der Waals surface area contributed by atoms with Crippen LogP contribution in [0.3, 0.4) is 0 Å². The standard InChI is InChI=1S/C9H18Cl3NOSi/c1-8(2,3)15(5,6)13(4)7(14)9(10,11)12/h1-6H3. The van der Waals surface area contributed by atoms with Gasteiger partial charge in [0.15, 0.2) is 8.24 Å². The molecule has 6 heteroatoms. The van der Waals surface area contributed by atoms with Gasteiger partial charge in [-0.05, 0) is 5.04 Å². The van der Waals surface area contributed by atoms with Crippen molar-refractivity contribution in [2.24, 2.45) is 0 Å². The maximum Gasteiger partial charge on any atom is 0.268 e. The molecule has 0 radical (unpaired) electrons. The molecule has 90 valence electrons. The van der Waals surface area contributed by atoms with Gasteiger partial charge in [0.05, 0.1) is 0 Å². The molecule has 0 atom stereocenters. The summed E-state index contributed by atoms with van der Waals surface area (Å²) in [4.78, 5) is 11.8. The average molecular weight is 291 g/mol. The van der Waals surface area contributed by atoms with Crippen molar-refractivity contribution in [1.82, 2.24) is 4.57 Å². The number of amides is 1. The van der Waals surface area contributed by atoms with Gasteiger partial charge in [0.25, 0.3) is 9.70 Å². The second-order valence-electron chi connectivity index (χ2n) is 5.17. The van der Waals surface area contributed by atoms with E-state index in [0.29, 0.717) is 0 Å². The van der Waals surface area contributed by atoms with E-state index in [1.54, 1.807) is 11.6 Å². The summed E-state index contributed by atoms with van der Waals surface area (Å²) in [6.07, 6.45) is 0. The lowest BCUT2D eigenvalue weighted by molar-refractivity contribution is -0.125. The summed E-state index contributed by atoms with van der Waals surface area (Å²) in [5.74, 6) is -0.445. The number of alkyl halides is 3. The minimum absolute atomic E-state index is 0.0350. The van der Waals surface area contributed by atoms with Crippen LogP contribution in [0.15, 0.2) is 0 Å². The Bertz CT molecular complexity index is 255. The Balaban J connectivity index is 5.03. The smallest absolute Gasteiger partial charge is 0.268 e. The Kier molecular flexibility index (Phi) is 4.60. The first-order valence-electron chi connectivity index (χ1n) is 4.67. The fourth-order valence-corrected chi connectivity index (χ4v) is 3.22. The van der Waals surface area contributed by atoms with Crippen LogP contribution in [0.1, 0.15) is 20.8 Å². The molecular formula is C9H18Cl3NOSi. The van der Waals surface area contributed by atoms with E-state index in [9.17, 15) is 4.79 Å². The Morgan fingerprint density at radius 1 is 1.13 bits per heavy atom. The Morgan fingerprint density at radius 3 is 1.67 bits per heavy atom. The Labute approximate surface area is 108 Å². The van der Waals surface area contributed by atoms with Gasteiger partial charge in [-0.2, -0.15) is 0 Å². The van der Waals surface area contributed by atoms with E-state index in [2.05, 4.69) is 33.9 Å². The van der Waals surface area contributed by atoms with E-state index >= 15 is 0 Å². The molecule has 15 heavy (non-hydrogen) atoms. The van der Waals surface area contributed by atoms with Crippen LogP contribution in [0.25, 0.3) is 0 Å². The van der Waals surface area contributed by atoms with Crippen LogP contribution in [0.5, 0.6) is 0 Å². The minimum atomic E-state index is -1.95. The van der Waals surface area contributed by atoms with Gasteiger partial charge in [0.1, 0.15) is 0 Å². The van der Waals surface area contributed by atoms with Crippen LogP contribution in [0.2, 0.25) is 18.1 Å². The third-order valence-corrected chi connectivity index (χ3v) is 9.26. The zero-order valence-corrected chi connectivity index (χ0v) is 13.3. The van der Waals surface area contributed by atoms with Crippen molar-refractivity contribution in [2.45, 2.75) is 42.7 Å². The molecule has 0 spiro atoms. The van der Waals surface area contributed by atoms with E-state index < -0.39 is 17.9 Å². The van der Waals surface area contributed by atoms with Crippen molar-refractivity contribution >= 4 is 48.9 Å². The van der Waals surface area contributed by atoms with E-state index in [1.165, 1.54) is 0 Å². The Hall–Kier alpha value is 0.557. The van der Waals surface area contributed by atoms with Crippen molar-refractivity contribution in [1.29, 1.82) is 0 Å². The highest BCUT2D eigenvalue weighted by Gasteiger charge is 2.46. The van der Waals surface area contributed by atoms with Gasteiger partial charge < -0.3 is 4.57 Å². The first-order chi connectivity index (χ1) is 6.32. The fraction of sp³-hybridized carbons (Fsp3) is 0.889. The molecule has 0 N–H and O–H groups in total. The molecule has 0 bridgehead atoms. The zero-order valence-electron chi connectivity index (χ0n) is 9.99. The van der Waals surface area contributed by atoms with Crippen molar-refractivity contribution in [2.75, 3.05) is 7.05 Å². The summed E-state index contributed by atoms with van der Waals surface area (Å²) < 4.78 is -0.232. The van der Waals surface area contributed by atoms with E-state index in [4.69, 9.17) is 34.8 Å². The van der Waals surface area contributed by atoms with Crippen LogP contribution >= 0.6 is 34.8 Å². The average Bonchev–Trinajstić information content (AvgIpc) is 1.97. The molecule has 1 amide bonds. The minimum Gasteiger partial charge on any atom is -0.368 e. The molecule has 0 unspecified atom stereocenters. The predicted octanol–water partition coefficient (Wildman–Crippen LogP) is 3.82. The lowest BCUT2D eigenvalue weighted by Gasteiger charge is -2.44. The maximum atomic E-state index is 11.8. The SMILES string of the molecule is CN(C(=O)C(Cl)(Cl)Cl)[Si](C)(C)C(C)(C)C. The first kappa shape index (κ1) is 15.6. The summed E-state index contributed by atoms with van der Waals surface area (Å²) in [6.45, 7) is 10.5. The summed E-state index contributed by atoms with van der Waals surface area (Å²) in [7, 11) is -0.241. The third kappa shape index (κ3) is 3.51. The van der Waals surface area contributed by atoms with Gasteiger partial charge >= 0.3 is 0 Å². The molecule has 0 aromatic rings. The van der Waals surface area contributed by atoms with Gasteiger partial charge in [-0.1, -0.05) is 68.7 Å². The number of hydrogen-bond donors (Lipinski definition) is 0. The molecular weight excluding hydrogens is 273 g/mol. The van der Waals surface area contributed by atoms with Crippen LogP contribution in [-0.2, 0) is 4.79 Å². The molecule has 0 aromatic heterocycles. The van der Waals surface area contributed by atoms with Crippen LogP contribution in [0.4, 0.5) is 0 Å². The van der Waals surface area contributed by atoms with Crippen molar-refractivity contribution < 1.29 is 4.79 Å². The predicted molar refractivity (Wildman–Crippen MR) is 70.3 cm³/mol. The lowest BCUT2D eigenvalue weighted by atomic mass is 10.2. The number of carbonyl (C=O) groups is 1. The quantitative estimate of drug-likeness (QED) is 0.531.